The molecule has 1 aromatic carbocycles. The molecule has 1 saturated carbocycles. The molecular weight excluding hydrogens is 282 g/mol. The lowest BCUT2D eigenvalue weighted by Gasteiger charge is -2.51. The van der Waals surface area contributed by atoms with Gasteiger partial charge < -0.3 is 9.64 Å². The van der Waals surface area contributed by atoms with E-state index in [0.29, 0.717) is 11.5 Å². The maximum atomic E-state index is 6.06. The normalized spacial score (nSPS) is 18.5. The Labute approximate surface area is 134 Å². The molecular formula is C18H28ClNO. The van der Waals surface area contributed by atoms with Gasteiger partial charge in [-0.15, -0.1) is 0 Å². The molecule has 0 N–H and O–H groups in total. The number of hydrogen-bond donors (Lipinski definition) is 0. The summed E-state index contributed by atoms with van der Waals surface area (Å²) in [7, 11) is 4.42. The van der Waals surface area contributed by atoms with Crippen molar-refractivity contribution in [2.45, 2.75) is 50.5 Å². The Morgan fingerprint density at radius 3 is 2.38 bits per heavy atom. The van der Waals surface area contributed by atoms with Crippen LogP contribution in [0.25, 0.3) is 0 Å². The average Bonchev–Trinajstić information content (AvgIpc) is 2.41. The fourth-order valence-electron chi connectivity index (χ4n) is 3.71. The van der Waals surface area contributed by atoms with Crippen molar-refractivity contribution in [1.29, 1.82) is 0 Å². The molecule has 0 radical (unpaired) electrons. The minimum Gasteiger partial charge on any atom is -0.382 e. The van der Waals surface area contributed by atoms with Crippen molar-refractivity contribution in [3.05, 3.63) is 34.9 Å². The van der Waals surface area contributed by atoms with Crippen LogP contribution in [0.3, 0.4) is 0 Å². The Morgan fingerprint density at radius 2 is 1.90 bits per heavy atom. The maximum absolute atomic E-state index is 6.06. The maximum Gasteiger partial charge on any atom is 0.0466 e. The van der Waals surface area contributed by atoms with E-state index in [1.165, 1.54) is 31.2 Å². The number of likely N-dealkylation sites (N-methyl/N-ethyl adjacent to an activating group) is 1. The van der Waals surface area contributed by atoms with Crippen LogP contribution in [0.1, 0.15) is 44.6 Å². The first-order valence-electron chi connectivity index (χ1n) is 8.10. The highest BCUT2D eigenvalue weighted by atomic mass is 35.5. The molecule has 0 bridgehead atoms. The first kappa shape index (κ1) is 16.8. The van der Waals surface area contributed by atoms with E-state index in [0.717, 1.165) is 24.7 Å². The van der Waals surface area contributed by atoms with Crippen LogP contribution < -0.4 is 0 Å². The zero-order valence-electron chi connectivity index (χ0n) is 13.6. The Hall–Kier alpha value is -0.570. The van der Waals surface area contributed by atoms with Gasteiger partial charge in [-0.05, 0) is 64.4 Å². The summed E-state index contributed by atoms with van der Waals surface area (Å²) in [6.07, 6.45) is 6.22. The average molecular weight is 310 g/mol. The van der Waals surface area contributed by atoms with Gasteiger partial charge in [-0.1, -0.05) is 30.2 Å². The zero-order valence-corrected chi connectivity index (χ0v) is 14.3. The SMILES string of the molecule is CCOCCCC(N(C)C)C1(c2ccc(Cl)cc2)CCC1. The molecule has 1 fully saturated rings. The smallest absolute Gasteiger partial charge is 0.0466 e. The lowest BCUT2D eigenvalue weighted by Crippen LogP contribution is -2.52. The van der Waals surface area contributed by atoms with E-state index in [4.69, 9.17) is 16.3 Å². The number of benzene rings is 1. The van der Waals surface area contributed by atoms with Crippen LogP contribution in [0.4, 0.5) is 0 Å². The summed E-state index contributed by atoms with van der Waals surface area (Å²) in [6.45, 7) is 3.75. The molecule has 1 aliphatic carbocycles. The first-order chi connectivity index (χ1) is 10.1. The van der Waals surface area contributed by atoms with Gasteiger partial charge >= 0.3 is 0 Å². The van der Waals surface area contributed by atoms with E-state index < -0.39 is 0 Å². The van der Waals surface area contributed by atoms with Gasteiger partial charge in [0.1, 0.15) is 0 Å². The molecule has 3 heteroatoms. The minimum absolute atomic E-state index is 0.306. The monoisotopic (exact) mass is 309 g/mol. The number of ether oxygens (including phenoxy) is 1. The molecule has 21 heavy (non-hydrogen) atoms. The second kappa shape index (κ2) is 7.62. The second-order valence-corrected chi connectivity index (χ2v) is 6.77. The van der Waals surface area contributed by atoms with Gasteiger partial charge in [0.2, 0.25) is 0 Å². The zero-order chi connectivity index (χ0) is 15.3. The summed E-state index contributed by atoms with van der Waals surface area (Å²) >= 11 is 6.06. The highest BCUT2D eigenvalue weighted by Crippen LogP contribution is 2.49. The summed E-state index contributed by atoms with van der Waals surface area (Å²) in [6, 6.07) is 9.09. The molecule has 0 saturated heterocycles. The fourth-order valence-corrected chi connectivity index (χ4v) is 3.83. The number of hydrogen-bond acceptors (Lipinski definition) is 2. The fraction of sp³-hybridized carbons (Fsp3) is 0.667. The molecule has 2 nitrogen and oxygen atoms in total. The largest absolute Gasteiger partial charge is 0.382 e. The minimum atomic E-state index is 0.306. The van der Waals surface area contributed by atoms with Crippen molar-refractivity contribution < 1.29 is 4.74 Å². The van der Waals surface area contributed by atoms with Crippen LogP contribution in [0.5, 0.6) is 0 Å². The Kier molecular flexibility index (Phi) is 6.09. The van der Waals surface area contributed by atoms with Crippen LogP contribution in [-0.4, -0.2) is 38.3 Å². The van der Waals surface area contributed by atoms with E-state index in [-0.39, 0.29) is 0 Å². The Balaban J connectivity index is 2.13. The highest BCUT2D eigenvalue weighted by Gasteiger charge is 2.45. The van der Waals surface area contributed by atoms with Crippen molar-refractivity contribution in [2.75, 3.05) is 27.3 Å². The van der Waals surface area contributed by atoms with Crippen molar-refractivity contribution in [3.8, 4) is 0 Å². The van der Waals surface area contributed by atoms with E-state index in [1.807, 2.05) is 12.1 Å². The van der Waals surface area contributed by atoms with Gasteiger partial charge in [0.25, 0.3) is 0 Å². The third-order valence-electron chi connectivity index (χ3n) is 4.90. The molecule has 1 aliphatic rings. The molecule has 0 aliphatic heterocycles. The van der Waals surface area contributed by atoms with Crippen LogP contribution >= 0.6 is 11.6 Å². The summed E-state index contributed by atoms with van der Waals surface area (Å²) in [5.74, 6) is 0. The summed E-state index contributed by atoms with van der Waals surface area (Å²) in [5.41, 5.74) is 1.76. The topological polar surface area (TPSA) is 12.5 Å². The highest BCUT2D eigenvalue weighted by molar-refractivity contribution is 6.30. The van der Waals surface area contributed by atoms with Crippen molar-refractivity contribution in [3.63, 3.8) is 0 Å². The number of halogens is 1. The predicted octanol–water partition coefficient (Wildman–Crippen LogP) is 4.51. The molecule has 2 rings (SSSR count). The van der Waals surface area contributed by atoms with E-state index in [2.05, 4.69) is 38.1 Å². The van der Waals surface area contributed by atoms with Gasteiger partial charge in [-0.2, -0.15) is 0 Å². The van der Waals surface area contributed by atoms with E-state index in [9.17, 15) is 0 Å². The molecule has 1 atom stereocenters. The third kappa shape index (κ3) is 3.80. The van der Waals surface area contributed by atoms with Crippen LogP contribution in [-0.2, 0) is 10.2 Å². The van der Waals surface area contributed by atoms with Gasteiger partial charge in [-0.3, -0.25) is 0 Å². The van der Waals surface area contributed by atoms with Crippen LogP contribution in [0.15, 0.2) is 24.3 Å². The molecule has 1 aromatic rings. The third-order valence-corrected chi connectivity index (χ3v) is 5.15. The van der Waals surface area contributed by atoms with E-state index >= 15 is 0 Å². The lowest BCUT2D eigenvalue weighted by atomic mass is 9.59. The quantitative estimate of drug-likeness (QED) is 0.655. The second-order valence-electron chi connectivity index (χ2n) is 6.34. The van der Waals surface area contributed by atoms with Crippen molar-refractivity contribution in [1.82, 2.24) is 4.90 Å². The molecule has 0 amide bonds. The van der Waals surface area contributed by atoms with Gasteiger partial charge in [0.15, 0.2) is 0 Å². The van der Waals surface area contributed by atoms with Gasteiger partial charge in [0, 0.05) is 29.7 Å². The lowest BCUT2D eigenvalue weighted by molar-refractivity contribution is 0.0751. The molecule has 118 valence electrons. The standard InChI is InChI=1S/C18H28ClNO/c1-4-21-14-5-7-17(20(2)3)18(12-6-13-18)15-8-10-16(19)11-9-15/h8-11,17H,4-7,12-14H2,1-3H3. The molecule has 0 heterocycles. The van der Waals surface area contributed by atoms with Gasteiger partial charge in [0.05, 0.1) is 0 Å². The van der Waals surface area contributed by atoms with E-state index in [1.54, 1.807) is 0 Å². The predicted molar refractivity (Wildman–Crippen MR) is 90.2 cm³/mol. The summed E-state index contributed by atoms with van der Waals surface area (Å²) in [5, 5.41) is 0.825. The number of rotatable bonds is 8. The summed E-state index contributed by atoms with van der Waals surface area (Å²) in [4.78, 5) is 2.40. The molecule has 0 spiro atoms. The molecule has 0 aromatic heterocycles. The molecule has 1 unspecified atom stereocenters. The van der Waals surface area contributed by atoms with Crippen LogP contribution in [0.2, 0.25) is 5.02 Å². The first-order valence-corrected chi connectivity index (χ1v) is 8.48. The Bertz CT molecular complexity index is 425. The van der Waals surface area contributed by atoms with Gasteiger partial charge in [-0.25, -0.2) is 0 Å². The van der Waals surface area contributed by atoms with Crippen molar-refractivity contribution >= 4 is 11.6 Å². The van der Waals surface area contributed by atoms with Crippen LogP contribution in [0, 0.1) is 0 Å². The summed E-state index contributed by atoms with van der Waals surface area (Å²) < 4.78 is 5.51. The number of nitrogens with zero attached hydrogens (tertiary/aromatic N) is 1. The Morgan fingerprint density at radius 1 is 1.24 bits per heavy atom. The van der Waals surface area contributed by atoms with Crippen molar-refractivity contribution in [2.24, 2.45) is 0 Å².